The quantitative estimate of drug-likeness (QED) is 0.390. The van der Waals surface area contributed by atoms with Crippen molar-refractivity contribution >= 4 is 29.0 Å². The van der Waals surface area contributed by atoms with Gasteiger partial charge in [-0.1, -0.05) is 16.6 Å². The van der Waals surface area contributed by atoms with Crippen LogP contribution in [-0.4, -0.2) is 67.8 Å². The highest BCUT2D eigenvalue weighted by Gasteiger charge is 2.23. The maximum atomic E-state index is 14.6. The summed E-state index contributed by atoms with van der Waals surface area (Å²) in [5, 5.41) is 9.91. The number of nitrogens with zero attached hydrogens (tertiary/aromatic N) is 6. The van der Waals surface area contributed by atoms with E-state index < -0.39 is 17.8 Å². The zero-order valence-corrected chi connectivity index (χ0v) is 20.9. The molecule has 0 bridgehead atoms. The number of aryl methyl sites for hydroxylation is 1. The lowest BCUT2D eigenvalue weighted by Crippen LogP contribution is -2.48. The number of anilines is 1. The molecule has 1 saturated heterocycles. The molecule has 0 atom stereocenters. The molecule has 2 amide bonds. The van der Waals surface area contributed by atoms with Crippen LogP contribution in [0.5, 0.6) is 0 Å². The minimum atomic E-state index is -0.979. The first-order chi connectivity index (χ1) is 18.7. The van der Waals surface area contributed by atoms with Crippen LogP contribution in [0.15, 0.2) is 65.5 Å². The molecule has 5 rings (SSSR count). The Morgan fingerprint density at radius 3 is 2.26 bits per heavy atom. The first kappa shape index (κ1) is 25.8. The van der Waals surface area contributed by atoms with Crippen LogP contribution in [0.25, 0.3) is 16.7 Å². The zero-order valence-electron chi connectivity index (χ0n) is 20.9. The number of pyridine rings is 1. The van der Waals surface area contributed by atoms with Gasteiger partial charge in [-0.3, -0.25) is 14.2 Å². The predicted molar refractivity (Wildman–Crippen MR) is 139 cm³/mol. The molecule has 1 fully saturated rings. The first-order valence-electron chi connectivity index (χ1n) is 12.2. The van der Waals surface area contributed by atoms with Gasteiger partial charge < -0.3 is 14.9 Å². The minimum absolute atomic E-state index is 0.0410. The maximum Gasteiger partial charge on any atom is 0.407 e. The van der Waals surface area contributed by atoms with Crippen molar-refractivity contribution in [3.05, 3.63) is 93.7 Å². The standard InChI is InChI=1S/C27H24F2N6O4/c1-17-22-10-11-23(36)35(24(22)31-26(30-17)32-12-14-33(15-13-32)27(38)39)21-8-4-19(5-9-21)25(37)34(29)16-18-2-6-20(28)7-3-18/h2-11H,12-16H2,1H3,(H,38,39). The molecule has 2 aromatic heterocycles. The van der Waals surface area contributed by atoms with Gasteiger partial charge in [-0.2, -0.15) is 10.1 Å². The molecule has 39 heavy (non-hydrogen) atoms. The topological polar surface area (TPSA) is 112 Å². The number of amides is 2. The van der Waals surface area contributed by atoms with Crippen LogP contribution in [0.1, 0.15) is 21.6 Å². The molecule has 0 radical (unpaired) electrons. The third-order valence-corrected chi connectivity index (χ3v) is 6.59. The van der Waals surface area contributed by atoms with Gasteiger partial charge in [0.15, 0.2) is 5.65 Å². The second-order valence-electron chi connectivity index (χ2n) is 9.11. The van der Waals surface area contributed by atoms with Crippen LogP contribution in [-0.2, 0) is 6.54 Å². The van der Waals surface area contributed by atoms with Crippen molar-refractivity contribution in [2.75, 3.05) is 31.1 Å². The van der Waals surface area contributed by atoms with Gasteiger partial charge in [0.1, 0.15) is 5.82 Å². The molecular formula is C27H24F2N6O4. The molecule has 0 saturated carbocycles. The molecule has 12 heteroatoms. The van der Waals surface area contributed by atoms with Crippen LogP contribution in [0.3, 0.4) is 0 Å². The zero-order chi connectivity index (χ0) is 27.7. The van der Waals surface area contributed by atoms with Crippen LogP contribution in [0, 0.1) is 12.7 Å². The molecule has 200 valence electrons. The monoisotopic (exact) mass is 534 g/mol. The predicted octanol–water partition coefficient (Wildman–Crippen LogP) is 3.56. The van der Waals surface area contributed by atoms with Crippen molar-refractivity contribution in [1.29, 1.82) is 0 Å². The molecule has 1 aliphatic heterocycles. The van der Waals surface area contributed by atoms with Crippen LogP contribution >= 0.6 is 0 Å². The SMILES string of the molecule is Cc1nc(N2CCN(C(=O)O)CC2)nc2c1ccc(=O)n2-c1ccc(C(=O)N(F)Cc2ccc(F)cc2)cc1. The number of carbonyl (C=O) groups is 2. The lowest BCUT2D eigenvalue weighted by atomic mass is 10.1. The highest BCUT2D eigenvalue weighted by atomic mass is 19.2. The number of rotatable bonds is 5. The van der Waals surface area contributed by atoms with Crippen LogP contribution < -0.4 is 10.5 Å². The van der Waals surface area contributed by atoms with Gasteiger partial charge >= 0.3 is 6.09 Å². The van der Waals surface area contributed by atoms with Gasteiger partial charge in [0.05, 0.1) is 17.9 Å². The number of halogens is 2. The van der Waals surface area contributed by atoms with E-state index >= 15 is 0 Å². The summed E-state index contributed by atoms with van der Waals surface area (Å²) >= 11 is 0. The Morgan fingerprint density at radius 1 is 0.949 bits per heavy atom. The number of benzene rings is 2. The number of piperazine rings is 1. The fourth-order valence-electron chi connectivity index (χ4n) is 4.45. The largest absolute Gasteiger partial charge is 0.465 e. The summed E-state index contributed by atoms with van der Waals surface area (Å²) in [6, 6.07) is 14.1. The lowest BCUT2D eigenvalue weighted by Gasteiger charge is -2.33. The average Bonchev–Trinajstić information content (AvgIpc) is 2.94. The fourth-order valence-corrected chi connectivity index (χ4v) is 4.45. The Balaban J connectivity index is 1.43. The molecule has 0 spiro atoms. The van der Waals surface area contributed by atoms with E-state index in [1.807, 2.05) is 4.90 Å². The van der Waals surface area contributed by atoms with Crippen LogP contribution in [0.4, 0.5) is 19.6 Å². The number of fused-ring (bicyclic) bond motifs is 1. The fraction of sp³-hybridized carbons (Fsp3) is 0.222. The normalized spacial score (nSPS) is 13.5. The van der Waals surface area contributed by atoms with Gasteiger partial charge in [0.25, 0.3) is 11.5 Å². The van der Waals surface area contributed by atoms with Crippen molar-refractivity contribution in [3.8, 4) is 5.69 Å². The average molecular weight is 535 g/mol. The van der Waals surface area contributed by atoms with Crippen molar-refractivity contribution in [1.82, 2.24) is 24.6 Å². The van der Waals surface area contributed by atoms with Gasteiger partial charge in [-0.05, 0) is 55.0 Å². The summed E-state index contributed by atoms with van der Waals surface area (Å²) in [6.07, 6.45) is -0.979. The molecule has 10 nitrogen and oxygen atoms in total. The van der Waals surface area contributed by atoms with Crippen molar-refractivity contribution in [2.24, 2.45) is 0 Å². The third kappa shape index (κ3) is 5.26. The van der Waals surface area contributed by atoms with Crippen molar-refractivity contribution < 1.29 is 23.6 Å². The maximum absolute atomic E-state index is 14.6. The Morgan fingerprint density at radius 2 is 1.62 bits per heavy atom. The number of hydrogen-bond donors (Lipinski definition) is 1. The molecular weight excluding hydrogens is 510 g/mol. The number of aromatic nitrogens is 3. The van der Waals surface area contributed by atoms with Gasteiger partial charge in [0, 0.05) is 43.2 Å². The van der Waals surface area contributed by atoms with E-state index in [0.29, 0.717) is 60.1 Å². The molecule has 0 aliphatic carbocycles. The Labute approximate surface area is 221 Å². The Kier molecular flexibility index (Phi) is 6.92. The van der Waals surface area contributed by atoms with Crippen LogP contribution in [0.2, 0.25) is 0 Å². The van der Waals surface area contributed by atoms with E-state index in [9.17, 15) is 28.4 Å². The molecule has 2 aromatic carbocycles. The van der Waals surface area contributed by atoms with E-state index in [1.54, 1.807) is 13.0 Å². The Bertz CT molecular complexity index is 1600. The second-order valence-corrected chi connectivity index (χ2v) is 9.11. The van der Waals surface area contributed by atoms with E-state index in [-0.39, 0.29) is 22.8 Å². The Hall–Kier alpha value is -4.87. The van der Waals surface area contributed by atoms with Gasteiger partial charge in [-0.25, -0.2) is 14.2 Å². The van der Waals surface area contributed by atoms with Gasteiger partial charge in [-0.15, -0.1) is 0 Å². The van der Waals surface area contributed by atoms with E-state index in [2.05, 4.69) is 9.97 Å². The number of carbonyl (C=O) groups excluding carboxylic acids is 1. The van der Waals surface area contributed by atoms with E-state index in [0.717, 1.165) is 0 Å². The number of hydrogen-bond acceptors (Lipinski definition) is 6. The summed E-state index contributed by atoms with van der Waals surface area (Å²) in [5.74, 6) is -0.953. The molecule has 3 heterocycles. The summed E-state index contributed by atoms with van der Waals surface area (Å²) in [4.78, 5) is 49.2. The smallest absolute Gasteiger partial charge is 0.407 e. The summed E-state index contributed by atoms with van der Waals surface area (Å²) in [5.41, 5.74) is 1.56. The molecule has 4 aromatic rings. The summed E-state index contributed by atoms with van der Waals surface area (Å²) in [7, 11) is 0. The summed E-state index contributed by atoms with van der Waals surface area (Å²) in [6.45, 7) is 2.88. The van der Waals surface area contributed by atoms with E-state index in [1.165, 1.54) is 64.1 Å². The molecule has 1 aliphatic rings. The second kappa shape index (κ2) is 10.5. The number of carboxylic acid groups (broad SMARTS) is 1. The van der Waals surface area contributed by atoms with E-state index in [4.69, 9.17) is 0 Å². The minimum Gasteiger partial charge on any atom is -0.465 e. The molecule has 0 unspecified atom stereocenters. The summed E-state index contributed by atoms with van der Waals surface area (Å²) < 4.78 is 29.1. The van der Waals surface area contributed by atoms with Crippen molar-refractivity contribution in [2.45, 2.75) is 13.5 Å². The molecule has 1 N–H and O–H groups in total. The highest BCUT2D eigenvalue weighted by Crippen LogP contribution is 2.22. The third-order valence-electron chi connectivity index (χ3n) is 6.59. The lowest BCUT2D eigenvalue weighted by molar-refractivity contribution is 0.0148. The van der Waals surface area contributed by atoms with Crippen molar-refractivity contribution in [3.63, 3.8) is 0 Å². The highest BCUT2D eigenvalue weighted by molar-refractivity contribution is 5.93. The first-order valence-corrected chi connectivity index (χ1v) is 12.2. The van der Waals surface area contributed by atoms with Gasteiger partial charge in [0.2, 0.25) is 5.95 Å².